The number of aryl methyl sites for hydroxylation is 1. The normalized spacial score (nSPS) is 11.2. The number of aromatic nitrogens is 7. The topological polar surface area (TPSA) is 66.3 Å². The summed E-state index contributed by atoms with van der Waals surface area (Å²) >= 11 is 9.49. The average molecular weight is 508 g/mol. The van der Waals surface area contributed by atoms with Crippen molar-refractivity contribution in [1.29, 1.82) is 0 Å². The fourth-order valence-corrected chi connectivity index (χ4v) is 4.94. The minimum absolute atomic E-state index is 0.825. The molecule has 0 aliphatic carbocycles. The van der Waals surface area contributed by atoms with Crippen molar-refractivity contribution >= 4 is 25.3 Å². The summed E-state index contributed by atoms with van der Waals surface area (Å²) in [5, 5.41) is 12.6. The SMILES string of the molecule is Cc1ccc(-n2cccc2)c(-c2cc(S)cc(-c3cc(S)ccc3-n3cncn3)c2-n2cnnc2)c1. The molecule has 0 atom stereocenters. The van der Waals surface area contributed by atoms with Gasteiger partial charge in [-0.15, -0.1) is 35.5 Å². The van der Waals surface area contributed by atoms with E-state index in [0.29, 0.717) is 0 Å². The predicted octanol–water partition coefficient (Wildman–Crippen LogP) is 5.86. The number of hydrogen-bond acceptors (Lipinski definition) is 6. The van der Waals surface area contributed by atoms with Crippen LogP contribution >= 0.6 is 25.3 Å². The van der Waals surface area contributed by atoms with Crippen molar-refractivity contribution in [3.8, 4) is 39.3 Å². The molecule has 3 aromatic heterocycles. The van der Waals surface area contributed by atoms with E-state index in [1.807, 2.05) is 47.3 Å². The van der Waals surface area contributed by atoms with Gasteiger partial charge in [-0.3, -0.25) is 4.57 Å². The fourth-order valence-electron chi connectivity index (χ4n) is 4.48. The fraction of sp³-hybridized carbons (Fsp3) is 0.0370. The third-order valence-electron chi connectivity index (χ3n) is 6.03. The first-order valence-corrected chi connectivity index (χ1v) is 12.1. The summed E-state index contributed by atoms with van der Waals surface area (Å²) in [6.45, 7) is 2.10. The molecule has 6 aromatic rings. The van der Waals surface area contributed by atoms with E-state index < -0.39 is 0 Å². The summed E-state index contributed by atoms with van der Waals surface area (Å²) in [6, 6.07) is 20.6. The van der Waals surface area contributed by atoms with Crippen LogP contribution in [0.5, 0.6) is 0 Å². The summed E-state index contributed by atoms with van der Waals surface area (Å²) in [5.41, 5.74) is 7.96. The first kappa shape index (κ1) is 22.4. The third kappa shape index (κ3) is 4.02. The molecule has 36 heavy (non-hydrogen) atoms. The molecule has 0 spiro atoms. The van der Waals surface area contributed by atoms with Crippen LogP contribution in [0.2, 0.25) is 0 Å². The van der Waals surface area contributed by atoms with Crippen molar-refractivity contribution < 1.29 is 0 Å². The second-order valence-electron chi connectivity index (χ2n) is 8.41. The molecule has 7 nitrogen and oxygen atoms in total. The second-order valence-corrected chi connectivity index (χ2v) is 9.44. The Hall–Kier alpha value is -4.08. The highest BCUT2D eigenvalue weighted by Gasteiger charge is 2.21. The Bertz CT molecular complexity index is 1550. The maximum absolute atomic E-state index is 4.84. The summed E-state index contributed by atoms with van der Waals surface area (Å²) in [6.07, 6.45) is 10.7. The van der Waals surface area contributed by atoms with Crippen LogP contribution in [0.25, 0.3) is 39.3 Å². The zero-order chi connectivity index (χ0) is 24.6. The summed E-state index contributed by atoms with van der Waals surface area (Å²) < 4.78 is 5.81. The molecule has 0 aliphatic heterocycles. The Morgan fingerprint density at radius 3 is 2.03 bits per heavy atom. The number of rotatable bonds is 5. The van der Waals surface area contributed by atoms with E-state index in [9.17, 15) is 0 Å². The van der Waals surface area contributed by atoms with Gasteiger partial charge in [0.15, 0.2) is 0 Å². The Morgan fingerprint density at radius 2 is 1.33 bits per heavy atom. The van der Waals surface area contributed by atoms with Crippen molar-refractivity contribution in [2.75, 3.05) is 0 Å². The highest BCUT2D eigenvalue weighted by atomic mass is 32.1. The lowest BCUT2D eigenvalue weighted by molar-refractivity contribution is 0.879. The zero-order valence-corrected chi connectivity index (χ0v) is 21.1. The molecule has 176 valence electrons. The maximum atomic E-state index is 4.84. The van der Waals surface area contributed by atoms with Gasteiger partial charge in [0.25, 0.3) is 0 Å². The molecule has 0 radical (unpaired) electrons. The molecule has 0 saturated carbocycles. The van der Waals surface area contributed by atoms with E-state index in [0.717, 1.165) is 54.7 Å². The maximum Gasteiger partial charge on any atom is 0.138 e. The van der Waals surface area contributed by atoms with E-state index >= 15 is 0 Å². The Kier molecular flexibility index (Phi) is 5.71. The van der Waals surface area contributed by atoms with Crippen molar-refractivity contribution in [2.24, 2.45) is 0 Å². The third-order valence-corrected chi connectivity index (χ3v) is 6.57. The van der Waals surface area contributed by atoms with E-state index in [1.165, 1.54) is 6.33 Å². The van der Waals surface area contributed by atoms with Crippen LogP contribution in [-0.2, 0) is 0 Å². The number of benzene rings is 3. The summed E-state index contributed by atoms with van der Waals surface area (Å²) in [4.78, 5) is 5.81. The van der Waals surface area contributed by atoms with Gasteiger partial charge in [-0.25, -0.2) is 9.67 Å². The average Bonchev–Trinajstić information content (AvgIpc) is 3.67. The molecule has 0 N–H and O–H groups in total. The van der Waals surface area contributed by atoms with Crippen LogP contribution in [-0.4, -0.2) is 34.1 Å². The van der Waals surface area contributed by atoms with Gasteiger partial charge in [0.05, 0.1) is 17.1 Å². The molecule has 0 amide bonds. The highest BCUT2D eigenvalue weighted by Crippen LogP contribution is 2.42. The van der Waals surface area contributed by atoms with Crippen molar-refractivity contribution in [3.63, 3.8) is 0 Å². The quantitative estimate of drug-likeness (QED) is 0.287. The number of thiol groups is 2. The lowest BCUT2D eigenvalue weighted by atomic mass is 9.93. The Balaban J connectivity index is 1.71. The van der Waals surface area contributed by atoms with Crippen LogP contribution in [0, 0.1) is 6.92 Å². The van der Waals surface area contributed by atoms with Crippen molar-refractivity contribution in [3.05, 3.63) is 104 Å². The van der Waals surface area contributed by atoms with E-state index in [4.69, 9.17) is 12.6 Å². The molecular weight excluding hydrogens is 486 g/mol. The summed E-state index contributed by atoms with van der Waals surface area (Å²) in [5.74, 6) is 0. The molecule has 9 heteroatoms. The van der Waals surface area contributed by atoms with Gasteiger partial charge >= 0.3 is 0 Å². The second kappa shape index (κ2) is 9.18. The molecule has 6 rings (SSSR count). The van der Waals surface area contributed by atoms with E-state index in [1.54, 1.807) is 23.7 Å². The first-order chi connectivity index (χ1) is 17.6. The largest absolute Gasteiger partial charge is 0.323 e. The first-order valence-electron chi connectivity index (χ1n) is 11.2. The predicted molar refractivity (Wildman–Crippen MR) is 146 cm³/mol. The Morgan fingerprint density at radius 1 is 0.667 bits per heavy atom. The monoisotopic (exact) mass is 507 g/mol. The molecule has 0 aliphatic rings. The van der Waals surface area contributed by atoms with Crippen LogP contribution in [0.4, 0.5) is 0 Å². The molecule has 0 unspecified atom stereocenters. The van der Waals surface area contributed by atoms with E-state index in [-0.39, 0.29) is 0 Å². The lowest BCUT2D eigenvalue weighted by Gasteiger charge is -2.21. The molecule has 0 bridgehead atoms. The van der Waals surface area contributed by atoms with Gasteiger partial charge in [-0.05, 0) is 61.5 Å². The van der Waals surface area contributed by atoms with Crippen molar-refractivity contribution in [2.45, 2.75) is 16.7 Å². The molecule has 3 heterocycles. The van der Waals surface area contributed by atoms with Gasteiger partial charge in [0, 0.05) is 44.4 Å². The zero-order valence-electron chi connectivity index (χ0n) is 19.3. The lowest BCUT2D eigenvalue weighted by Crippen LogP contribution is -2.04. The van der Waals surface area contributed by atoms with Gasteiger partial charge in [-0.2, -0.15) is 5.10 Å². The number of nitrogens with zero attached hydrogens (tertiary/aromatic N) is 7. The van der Waals surface area contributed by atoms with Crippen LogP contribution in [0.15, 0.2) is 108 Å². The van der Waals surface area contributed by atoms with Gasteiger partial charge < -0.3 is 4.57 Å². The number of hydrogen-bond donors (Lipinski definition) is 2. The van der Waals surface area contributed by atoms with Gasteiger partial charge in [0.2, 0.25) is 0 Å². The minimum Gasteiger partial charge on any atom is -0.323 e. The molecular formula is C27H21N7S2. The minimum atomic E-state index is 0.825. The Labute approximate surface area is 218 Å². The summed E-state index contributed by atoms with van der Waals surface area (Å²) in [7, 11) is 0. The van der Waals surface area contributed by atoms with E-state index in [2.05, 4.69) is 74.7 Å². The smallest absolute Gasteiger partial charge is 0.138 e. The van der Waals surface area contributed by atoms with Crippen LogP contribution in [0.1, 0.15) is 5.56 Å². The molecule has 0 fully saturated rings. The van der Waals surface area contributed by atoms with Gasteiger partial charge in [0.1, 0.15) is 25.3 Å². The van der Waals surface area contributed by atoms with Crippen molar-refractivity contribution in [1.82, 2.24) is 34.1 Å². The van der Waals surface area contributed by atoms with Crippen LogP contribution < -0.4 is 0 Å². The molecule has 3 aromatic carbocycles. The van der Waals surface area contributed by atoms with Gasteiger partial charge in [-0.1, -0.05) is 11.6 Å². The molecule has 0 saturated heterocycles. The van der Waals surface area contributed by atoms with Crippen LogP contribution in [0.3, 0.4) is 0 Å². The highest BCUT2D eigenvalue weighted by molar-refractivity contribution is 7.80. The standard InChI is InChI=1S/C27H21N7S2/c1-18-4-6-25(32-8-2-3-9-32)21(10-18)23-12-20(36)13-24(27(23)33-16-29-30-17-33)22-11-19(35)5-7-26(22)34-15-28-14-31-34/h2-17,35-36H,1H3.